The van der Waals surface area contributed by atoms with E-state index in [-0.39, 0.29) is 0 Å². The highest BCUT2D eigenvalue weighted by atomic mass is 16.4. The molecule has 0 aliphatic rings. The van der Waals surface area contributed by atoms with E-state index >= 15 is 0 Å². The maximum Gasteiger partial charge on any atom is 0.324 e. The van der Waals surface area contributed by atoms with Gasteiger partial charge >= 0.3 is 6.01 Å². The van der Waals surface area contributed by atoms with Crippen LogP contribution in [0.25, 0.3) is 17.0 Å². The molecule has 0 saturated carbocycles. The maximum atomic E-state index is 5.46. The molecule has 16 heavy (non-hydrogen) atoms. The normalized spacial score (nSPS) is 11.1. The monoisotopic (exact) mass is 215 g/mol. The molecular weight excluding hydrogens is 206 g/mol. The lowest BCUT2D eigenvalue weighted by molar-refractivity contribution is 0.509. The number of aromatic nitrogens is 4. The van der Waals surface area contributed by atoms with E-state index in [0.29, 0.717) is 18.3 Å². The molecule has 80 valence electrons. The lowest BCUT2D eigenvalue weighted by Gasteiger charge is -1.93. The molecule has 0 unspecified atom stereocenters. The smallest absolute Gasteiger partial charge is 0.324 e. The Labute approximate surface area is 90.7 Å². The molecule has 0 bridgehead atoms. The molecule has 1 aromatic carbocycles. The average Bonchev–Trinajstić information content (AvgIpc) is 2.94. The molecule has 0 spiro atoms. The second-order valence-electron chi connectivity index (χ2n) is 3.32. The minimum atomic E-state index is 0.343. The predicted molar refractivity (Wildman–Crippen MR) is 56.8 cm³/mol. The molecule has 3 rings (SSSR count). The number of nitrogens with two attached hydrogens (primary N) is 1. The van der Waals surface area contributed by atoms with Crippen LogP contribution in [0, 0.1) is 0 Å². The summed E-state index contributed by atoms with van der Waals surface area (Å²) in [4.78, 5) is 4.19. The maximum absolute atomic E-state index is 5.46. The number of para-hydroxylation sites is 1. The molecule has 3 aromatic rings. The first kappa shape index (κ1) is 9.05. The number of nitrogens with zero attached hydrogens (tertiary/aromatic N) is 4. The van der Waals surface area contributed by atoms with Gasteiger partial charge in [-0.05, 0) is 12.1 Å². The summed E-state index contributed by atoms with van der Waals surface area (Å²) >= 11 is 0. The molecule has 2 aromatic heterocycles. The second-order valence-corrected chi connectivity index (χ2v) is 3.32. The minimum absolute atomic E-state index is 0.343. The quantitative estimate of drug-likeness (QED) is 0.685. The number of fused-ring (bicyclic) bond motifs is 1. The Kier molecular flexibility index (Phi) is 1.94. The van der Waals surface area contributed by atoms with Gasteiger partial charge in [-0.1, -0.05) is 17.3 Å². The zero-order valence-electron chi connectivity index (χ0n) is 8.37. The van der Waals surface area contributed by atoms with E-state index in [1.54, 1.807) is 4.68 Å². The zero-order valence-corrected chi connectivity index (χ0v) is 8.37. The van der Waals surface area contributed by atoms with Crippen molar-refractivity contribution < 1.29 is 4.42 Å². The Hall–Kier alpha value is -2.21. The van der Waals surface area contributed by atoms with Gasteiger partial charge in [0.1, 0.15) is 11.8 Å². The van der Waals surface area contributed by atoms with E-state index in [2.05, 4.69) is 15.3 Å². The standard InChI is InChI=1S/C10H9N5O/c11-5-7-6-16-10(12-7)15-9-4-2-1-3-8(9)13-14-15/h1-4,6H,5,11H2. The number of hydrogen-bond acceptors (Lipinski definition) is 5. The van der Waals surface area contributed by atoms with Crippen molar-refractivity contribution >= 4 is 11.0 Å². The Balaban J connectivity index is 2.18. The fraction of sp³-hybridized carbons (Fsp3) is 0.100. The van der Waals surface area contributed by atoms with Gasteiger partial charge in [-0.25, -0.2) is 0 Å². The summed E-state index contributed by atoms with van der Waals surface area (Å²) in [5.41, 5.74) is 7.81. The van der Waals surface area contributed by atoms with E-state index in [1.165, 1.54) is 6.26 Å². The van der Waals surface area contributed by atoms with Crippen molar-refractivity contribution in [3.8, 4) is 6.01 Å². The summed E-state index contributed by atoms with van der Waals surface area (Å²) in [7, 11) is 0. The van der Waals surface area contributed by atoms with Crippen LogP contribution < -0.4 is 5.73 Å². The van der Waals surface area contributed by atoms with Gasteiger partial charge in [-0.15, -0.1) is 5.10 Å². The topological polar surface area (TPSA) is 82.8 Å². The lowest BCUT2D eigenvalue weighted by Crippen LogP contribution is -1.99. The van der Waals surface area contributed by atoms with Crippen LogP contribution in [-0.4, -0.2) is 20.0 Å². The van der Waals surface area contributed by atoms with Gasteiger partial charge in [0, 0.05) is 6.54 Å². The van der Waals surface area contributed by atoms with Crippen LogP contribution in [0.4, 0.5) is 0 Å². The van der Waals surface area contributed by atoms with Crippen LogP contribution in [0.3, 0.4) is 0 Å². The SMILES string of the molecule is NCc1coc(-n2nnc3ccccc32)n1. The number of hydrogen-bond donors (Lipinski definition) is 1. The van der Waals surface area contributed by atoms with Crippen molar-refractivity contribution in [2.24, 2.45) is 5.73 Å². The summed E-state index contributed by atoms with van der Waals surface area (Å²) in [5, 5.41) is 7.99. The highest BCUT2D eigenvalue weighted by molar-refractivity contribution is 5.75. The average molecular weight is 215 g/mol. The molecule has 2 N–H and O–H groups in total. The fourth-order valence-corrected chi connectivity index (χ4v) is 1.50. The molecule has 6 heteroatoms. The van der Waals surface area contributed by atoms with Gasteiger partial charge < -0.3 is 10.2 Å². The van der Waals surface area contributed by atoms with E-state index in [9.17, 15) is 0 Å². The molecule has 2 heterocycles. The Morgan fingerprint density at radius 1 is 1.31 bits per heavy atom. The summed E-state index contributed by atoms with van der Waals surface area (Å²) < 4.78 is 6.83. The molecule has 0 aliphatic heterocycles. The highest BCUT2D eigenvalue weighted by Crippen LogP contribution is 2.15. The van der Waals surface area contributed by atoms with Crippen molar-refractivity contribution in [3.63, 3.8) is 0 Å². The molecule has 0 amide bonds. The molecule has 0 saturated heterocycles. The van der Waals surface area contributed by atoms with Crippen molar-refractivity contribution in [1.82, 2.24) is 20.0 Å². The molecular formula is C10H9N5O. The number of rotatable bonds is 2. The Bertz CT molecular complexity index is 627. The first-order chi connectivity index (χ1) is 7.88. The Morgan fingerprint density at radius 2 is 2.19 bits per heavy atom. The predicted octanol–water partition coefficient (Wildman–Crippen LogP) is 0.867. The van der Waals surface area contributed by atoms with Gasteiger partial charge in [0.2, 0.25) is 0 Å². The van der Waals surface area contributed by atoms with Gasteiger partial charge in [0.05, 0.1) is 11.2 Å². The molecule has 0 fully saturated rings. The van der Waals surface area contributed by atoms with Crippen LogP contribution in [0.2, 0.25) is 0 Å². The number of benzene rings is 1. The summed E-state index contributed by atoms with van der Waals surface area (Å²) in [6, 6.07) is 7.99. The third-order valence-electron chi connectivity index (χ3n) is 2.28. The Morgan fingerprint density at radius 3 is 3.00 bits per heavy atom. The molecule has 6 nitrogen and oxygen atoms in total. The second kappa shape index (κ2) is 3.42. The number of oxazole rings is 1. The third-order valence-corrected chi connectivity index (χ3v) is 2.28. The van der Waals surface area contributed by atoms with Crippen LogP contribution in [-0.2, 0) is 6.54 Å². The summed E-state index contributed by atoms with van der Waals surface area (Å²) in [6.07, 6.45) is 1.52. The molecule has 0 atom stereocenters. The van der Waals surface area contributed by atoms with E-state index < -0.39 is 0 Å². The van der Waals surface area contributed by atoms with Crippen molar-refractivity contribution in [3.05, 3.63) is 36.2 Å². The highest BCUT2D eigenvalue weighted by Gasteiger charge is 2.10. The largest absolute Gasteiger partial charge is 0.430 e. The van der Waals surface area contributed by atoms with E-state index in [4.69, 9.17) is 10.2 Å². The van der Waals surface area contributed by atoms with Crippen LogP contribution in [0.15, 0.2) is 34.9 Å². The minimum Gasteiger partial charge on any atom is -0.430 e. The van der Waals surface area contributed by atoms with Gasteiger partial charge in [-0.2, -0.15) is 9.67 Å². The molecule has 0 radical (unpaired) electrons. The fourth-order valence-electron chi connectivity index (χ4n) is 1.50. The summed E-state index contributed by atoms with van der Waals surface area (Å²) in [6.45, 7) is 0.343. The van der Waals surface area contributed by atoms with Crippen LogP contribution in [0.1, 0.15) is 5.69 Å². The van der Waals surface area contributed by atoms with Gasteiger partial charge in [0.25, 0.3) is 0 Å². The first-order valence-electron chi connectivity index (χ1n) is 4.84. The van der Waals surface area contributed by atoms with E-state index in [0.717, 1.165) is 11.0 Å². The third kappa shape index (κ3) is 1.28. The van der Waals surface area contributed by atoms with E-state index in [1.807, 2.05) is 24.3 Å². The zero-order chi connectivity index (χ0) is 11.0. The first-order valence-corrected chi connectivity index (χ1v) is 4.84. The van der Waals surface area contributed by atoms with Gasteiger partial charge in [-0.3, -0.25) is 0 Å². The van der Waals surface area contributed by atoms with Crippen LogP contribution >= 0.6 is 0 Å². The van der Waals surface area contributed by atoms with Gasteiger partial charge in [0.15, 0.2) is 0 Å². The van der Waals surface area contributed by atoms with Crippen molar-refractivity contribution in [2.45, 2.75) is 6.54 Å². The van der Waals surface area contributed by atoms with Crippen molar-refractivity contribution in [2.75, 3.05) is 0 Å². The lowest BCUT2D eigenvalue weighted by atomic mass is 10.3. The molecule has 0 aliphatic carbocycles. The van der Waals surface area contributed by atoms with Crippen LogP contribution in [0.5, 0.6) is 0 Å². The van der Waals surface area contributed by atoms with Crippen molar-refractivity contribution in [1.29, 1.82) is 0 Å². The summed E-state index contributed by atoms with van der Waals surface area (Å²) in [5.74, 6) is 0.